The van der Waals surface area contributed by atoms with E-state index in [4.69, 9.17) is 21.3 Å². The number of benzene rings is 2. The van der Waals surface area contributed by atoms with Gasteiger partial charge in [0.15, 0.2) is 0 Å². The molecule has 2 aromatic carbocycles. The van der Waals surface area contributed by atoms with Crippen molar-refractivity contribution in [1.82, 2.24) is 14.5 Å². The number of sulfone groups is 1. The van der Waals surface area contributed by atoms with Gasteiger partial charge in [0.25, 0.3) is 0 Å². The molecule has 2 fully saturated rings. The topological polar surface area (TPSA) is 122 Å². The van der Waals surface area contributed by atoms with Crippen LogP contribution in [0.15, 0.2) is 42.5 Å². The van der Waals surface area contributed by atoms with Crippen LogP contribution in [0.1, 0.15) is 30.7 Å². The predicted octanol–water partition coefficient (Wildman–Crippen LogP) is 3.70. The molecule has 3 aromatic rings. The highest BCUT2D eigenvalue weighted by Crippen LogP contribution is 2.57. The van der Waals surface area contributed by atoms with Gasteiger partial charge in [-0.2, -0.15) is 0 Å². The number of carboxylic acid groups (broad SMARTS) is 1. The molecule has 2 aliphatic heterocycles. The van der Waals surface area contributed by atoms with E-state index in [1.807, 2.05) is 34.9 Å². The number of carbonyl (C=O) groups excluding carboxylic acids is 1. The lowest BCUT2D eigenvalue weighted by molar-refractivity contribution is -0.131. The number of hydrogen-bond donors (Lipinski definition) is 1. The summed E-state index contributed by atoms with van der Waals surface area (Å²) in [7, 11) is -3.13. The van der Waals surface area contributed by atoms with Gasteiger partial charge in [-0.15, -0.1) is 0 Å². The van der Waals surface area contributed by atoms with Crippen molar-refractivity contribution >= 4 is 50.2 Å². The molecule has 1 aromatic heterocycles. The molecule has 12 heteroatoms. The molecule has 1 aliphatic carbocycles. The molecular weight excluding hydrogens is 556 g/mol. The molecule has 1 atom stereocenters. The summed E-state index contributed by atoms with van der Waals surface area (Å²) in [6, 6.07) is 12.9. The normalized spacial score (nSPS) is 24.5. The molecule has 1 saturated carbocycles. The van der Waals surface area contributed by atoms with Crippen molar-refractivity contribution in [2.24, 2.45) is 5.92 Å². The van der Waals surface area contributed by atoms with Crippen LogP contribution in [-0.4, -0.2) is 77.8 Å². The Bertz CT molecular complexity index is 1600. The molecule has 1 spiro atoms. The number of fused-ring (bicyclic) bond motifs is 3. The Morgan fingerprint density at radius 1 is 1.23 bits per heavy atom. The second-order valence-electron chi connectivity index (χ2n) is 11.1. The zero-order valence-corrected chi connectivity index (χ0v) is 23.7. The van der Waals surface area contributed by atoms with Crippen molar-refractivity contribution in [3.05, 3.63) is 58.9 Å². The highest BCUT2D eigenvalue weighted by molar-refractivity contribution is 7.90. The molecule has 2 amide bonds. The molecule has 1 N–H and O–H groups in total. The maximum atomic E-state index is 14.2. The third kappa shape index (κ3) is 4.63. The fourth-order valence-electron chi connectivity index (χ4n) is 6.66. The number of para-hydroxylation sites is 1. The molecule has 3 aliphatic rings. The Morgan fingerprint density at radius 2 is 2.00 bits per heavy atom. The first-order chi connectivity index (χ1) is 19.1. The number of imidazole rings is 1. The molecule has 40 heavy (non-hydrogen) atoms. The average Bonchev–Trinajstić information content (AvgIpc) is 3.34. The second-order valence-corrected chi connectivity index (χ2v) is 13.8. The third-order valence-electron chi connectivity index (χ3n) is 8.53. The van der Waals surface area contributed by atoms with Gasteiger partial charge in [0.2, 0.25) is 5.91 Å². The van der Waals surface area contributed by atoms with Crippen molar-refractivity contribution in [3.8, 4) is 0 Å². The number of ether oxygens (including phenoxy) is 1. The highest BCUT2D eigenvalue weighted by atomic mass is 35.5. The number of carbonyl (C=O) groups is 2. The molecular formula is C28H31ClN4O6S. The summed E-state index contributed by atoms with van der Waals surface area (Å²) in [6.45, 7) is 1.71. The van der Waals surface area contributed by atoms with E-state index < -0.39 is 21.3 Å². The van der Waals surface area contributed by atoms with E-state index in [1.54, 1.807) is 17.0 Å². The van der Waals surface area contributed by atoms with Gasteiger partial charge in [0.1, 0.15) is 15.7 Å². The Balaban J connectivity index is 1.30. The maximum absolute atomic E-state index is 14.2. The van der Waals surface area contributed by atoms with E-state index in [0.29, 0.717) is 61.9 Å². The number of aromatic nitrogens is 2. The Labute approximate surface area is 237 Å². The molecule has 10 nitrogen and oxygen atoms in total. The van der Waals surface area contributed by atoms with Crippen molar-refractivity contribution < 1.29 is 27.9 Å². The van der Waals surface area contributed by atoms with Gasteiger partial charge in [-0.3, -0.25) is 4.79 Å². The Hall–Kier alpha value is -3.15. The maximum Gasteiger partial charge on any atom is 0.407 e. The van der Waals surface area contributed by atoms with E-state index in [-0.39, 0.29) is 30.2 Å². The van der Waals surface area contributed by atoms with E-state index in [9.17, 15) is 23.1 Å². The van der Waals surface area contributed by atoms with Crippen LogP contribution >= 0.6 is 11.6 Å². The van der Waals surface area contributed by atoms with Crippen molar-refractivity contribution in [1.29, 1.82) is 0 Å². The van der Waals surface area contributed by atoms with Crippen LogP contribution in [0, 0.1) is 5.92 Å². The fourth-order valence-corrected chi connectivity index (χ4v) is 7.48. The highest BCUT2D eigenvalue weighted by Gasteiger charge is 2.60. The standard InChI is InChI=1S/C28H31ClN4O6S/c1-40(37,38)12-4-9-31-23-8-7-19(29)13-21(23)30-25(31)16-33-22-6-3-2-5-20(22)28(26(33)34)14-18(15-28)24-17-39-11-10-32(24)27(35)36/h2-3,5-8,13,18,24H,4,9-12,14-17H2,1H3,(H,35,36)/t18?,24-,28?/m0/s1. The number of anilines is 1. The number of halogens is 1. The van der Waals surface area contributed by atoms with Crippen LogP contribution in [0.5, 0.6) is 0 Å². The summed E-state index contributed by atoms with van der Waals surface area (Å²) in [5, 5.41) is 10.2. The van der Waals surface area contributed by atoms with E-state index in [2.05, 4.69) is 0 Å². The molecule has 0 unspecified atom stereocenters. The minimum atomic E-state index is -3.13. The first-order valence-corrected chi connectivity index (χ1v) is 15.8. The average molecular weight is 587 g/mol. The smallest absolute Gasteiger partial charge is 0.407 e. The Morgan fingerprint density at radius 3 is 2.75 bits per heavy atom. The van der Waals surface area contributed by atoms with Crippen molar-refractivity contribution in [2.45, 2.75) is 43.8 Å². The van der Waals surface area contributed by atoms with Gasteiger partial charge < -0.3 is 24.2 Å². The minimum Gasteiger partial charge on any atom is -0.465 e. The van der Waals surface area contributed by atoms with Crippen LogP contribution < -0.4 is 4.90 Å². The number of nitrogens with zero attached hydrogens (tertiary/aromatic N) is 4. The van der Waals surface area contributed by atoms with Gasteiger partial charge >= 0.3 is 6.09 Å². The van der Waals surface area contributed by atoms with Gasteiger partial charge in [0.05, 0.1) is 48.0 Å². The molecule has 1 saturated heterocycles. The second kappa shape index (κ2) is 10.0. The van der Waals surface area contributed by atoms with Crippen LogP contribution in [0.3, 0.4) is 0 Å². The van der Waals surface area contributed by atoms with Gasteiger partial charge in [0, 0.05) is 30.1 Å². The van der Waals surface area contributed by atoms with Crippen molar-refractivity contribution in [3.63, 3.8) is 0 Å². The lowest BCUT2D eigenvalue weighted by atomic mass is 9.57. The lowest BCUT2D eigenvalue weighted by Gasteiger charge is -2.50. The Kier molecular flexibility index (Phi) is 6.79. The molecule has 212 valence electrons. The minimum absolute atomic E-state index is 0.0173. The monoisotopic (exact) mass is 586 g/mol. The zero-order valence-electron chi connectivity index (χ0n) is 22.1. The number of aryl methyl sites for hydroxylation is 1. The van der Waals surface area contributed by atoms with E-state index in [0.717, 1.165) is 16.8 Å². The van der Waals surface area contributed by atoms with Crippen LogP contribution in [-0.2, 0) is 37.9 Å². The molecule has 0 radical (unpaired) electrons. The summed E-state index contributed by atoms with van der Waals surface area (Å²) in [5.74, 6) is 0.709. The van der Waals surface area contributed by atoms with Crippen LogP contribution in [0.2, 0.25) is 5.02 Å². The largest absolute Gasteiger partial charge is 0.465 e. The predicted molar refractivity (Wildman–Crippen MR) is 150 cm³/mol. The van der Waals surface area contributed by atoms with Gasteiger partial charge in [-0.1, -0.05) is 29.8 Å². The molecule has 6 rings (SSSR count). The van der Waals surface area contributed by atoms with E-state index in [1.165, 1.54) is 11.2 Å². The zero-order chi connectivity index (χ0) is 28.2. The van der Waals surface area contributed by atoms with Crippen LogP contribution in [0.4, 0.5) is 10.5 Å². The summed E-state index contributed by atoms with van der Waals surface area (Å²) < 4.78 is 31.2. The molecule has 3 heterocycles. The quantitative estimate of drug-likeness (QED) is 0.448. The van der Waals surface area contributed by atoms with E-state index >= 15 is 0 Å². The summed E-state index contributed by atoms with van der Waals surface area (Å²) in [4.78, 5) is 34.0. The first-order valence-electron chi connectivity index (χ1n) is 13.4. The third-order valence-corrected chi connectivity index (χ3v) is 9.79. The van der Waals surface area contributed by atoms with Gasteiger partial charge in [-0.25, -0.2) is 18.2 Å². The number of morpholine rings is 1. The molecule has 0 bridgehead atoms. The summed E-state index contributed by atoms with van der Waals surface area (Å²) >= 11 is 6.23. The van der Waals surface area contributed by atoms with Crippen molar-refractivity contribution in [2.75, 3.05) is 36.7 Å². The number of amides is 2. The summed E-state index contributed by atoms with van der Waals surface area (Å²) in [6.07, 6.45) is 1.79. The van der Waals surface area contributed by atoms with Crippen LogP contribution in [0.25, 0.3) is 11.0 Å². The fraction of sp³-hybridized carbons (Fsp3) is 0.464. The first kappa shape index (κ1) is 27.0. The number of rotatable bonds is 7. The SMILES string of the molecule is CS(=O)(=O)CCCn1c(CN2C(=O)C3(CC([C@@H]4COCCN4C(=O)O)C3)c3ccccc32)nc2cc(Cl)ccc21. The van der Waals surface area contributed by atoms with Gasteiger partial charge in [-0.05, 0) is 55.0 Å². The lowest BCUT2D eigenvalue weighted by Crippen LogP contribution is -2.59. The number of hydrogen-bond acceptors (Lipinski definition) is 6. The summed E-state index contributed by atoms with van der Waals surface area (Å²) in [5.41, 5.74) is 2.59.